The number of benzene rings is 2. The maximum Gasteiger partial charge on any atom is 0.337 e. The van der Waals surface area contributed by atoms with Crippen LogP contribution in [0.2, 0.25) is 30.7 Å². The topological polar surface area (TPSA) is 96.2 Å². The van der Waals surface area contributed by atoms with Crippen LogP contribution < -0.4 is 14.5 Å². The molecule has 5 aromatic rings. The Bertz CT molecular complexity index is 2350. The van der Waals surface area contributed by atoms with Crippen molar-refractivity contribution in [2.24, 2.45) is 5.41 Å². The molecule has 2 unspecified atom stereocenters. The van der Waals surface area contributed by atoms with Crippen LogP contribution in [0.5, 0.6) is 5.88 Å². The number of anilines is 3. The number of carboxylic acids is 1. The summed E-state index contributed by atoms with van der Waals surface area (Å²) in [6, 6.07) is 25.2. The molecule has 0 saturated carbocycles. The Morgan fingerprint density at radius 3 is 2.50 bits per heavy atom. The molecular weight excluding hydrogens is 788 g/mol. The van der Waals surface area contributed by atoms with Crippen molar-refractivity contribution in [1.82, 2.24) is 19.4 Å². The minimum absolute atomic E-state index is 0.217. The monoisotopic (exact) mass is 846 g/mol. The summed E-state index contributed by atoms with van der Waals surface area (Å²) < 4.78 is 15.2. The van der Waals surface area contributed by atoms with Crippen LogP contribution in [0, 0.1) is 5.41 Å². The number of hydrogen-bond acceptors (Lipinski definition) is 8. The Labute approximate surface area is 360 Å². The van der Waals surface area contributed by atoms with Crippen molar-refractivity contribution in [1.29, 1.82) is 0 Å². The minimum atomic E-state index is -1.26. The van der Waals surface area contributed by atoms with E-state index >= 15 is 0 Å². The summed E-state index contributed by atoms with van der Waals surface area (Å²) in [5.41, 5.74) is 8.72. The molecule has 0 bridgehead atoms. The molecule has 3 aromatic heterocycles. The van der Waals surface area contributed by atoms with Crippen LogP contribution in [0.3, 0.4) is 0 Å². The van der Waals surface area contributed by atoms with Crippen LogP contribution in [0.4, 0.5) is 17.1 Å². The van der Waals surface area contributed by atoms with Gasteiger partial charge in [0.05, 0.1) is 16.9 Å². The van der Waals surface area contributed by atoms with E-state index in [0.717, 1.165) is 84.7 Å². The zero-order chi connectivity index (χ0) is 42.2. The van der Waals surface area contributed by atoms with Gasteiger partial charge in [-0.05, 0) is 103 Å². The fraction of sp³-hybridized carbons (Fsp3) is 0.438. The van der Waals surface area contributed by atoms with Crippen molar-refractivity contribution in [2.75, 3.05) is 55.7 Å². The first-order valence-corrected chi connectivity index (χ1v) is 25.6. The summed E-state index contributed by atoms with van der Waals surface area (Å²) in [4.78, 5) is 29.8. The van der Waals surface area contributed by atoms with Gasteiger partial charge in [-0.15, -0.1) is 0 Å². The molecule has 8 rings (SSSR count). The highest BCUT2D eigenvalue weighted by Crippen LogP contribution is 2.45. The second-order valence-corrected chi connectivity index (χ2v) is 24.8. The maximum absolute atomic E-state index is 13.0. The molecule has 12 heteroatoms. The normalized spacial score (nSPS) is 19.2. The Hall–Kier alpha value is -4.68. The third kappa shape index (κ3) is 9.44. The van der Waals surface area contributed by atoms with E-state index in [4.69, 9.17) is 26.1 Å². The molecule has 10 nitrogen and oxygen atoms in total. The summed E-state index contributed by atoms with van der Waals surface area (Å²) >= 11 is 6.28. The SMILES string of the molecule is CC(OCC[Si](C)(C)C)n1ccc2cc3c(nc21)OC(c1ccccn1)CCN3c1cc(N2CCN(CC3=C(c4ccc(Cl)cc4)CC(C)(C)CC3)CC2)ccc1C(=O)O. The highest BCUT2D eigenvalue weighted by atomic mass is 35.5. The van der Waals surface area contributed by atoms with E-state index in [2.05, 4.69) is 95.0 Å². The number of carboxylic acid groups (broad SMARTS) is 1. The molecule has 3 aliphatic rings. The molecular formula is C48H59ClN6O4Si. The Balaban J connectivity index is 1.08. The second kappa shape index (κ2) is 17.4. The van der Waals surface area contributed by atoms with Gasteiger partial charge in [0.2, 0.25) is 5.88 Å². The summed E-state index contributed by atoms with van der Waals surface area (Å²) in [5, 5.41) is 12.3. The Kier molecular flexibility index (Phi) is 12.2. The van der Waals surface area contributed by atoms with E-state index in [0.29, 0.717) is 31.1 Å². The molecule has 2 atom stereocenters. The molecule has 0 spiro atoms. The smallest absolute Gasteiger partial charge is 0.337 e. The molecule has 5 heterocycles. The minimum Gasteiger partial charge on any atom is -0.478 e. The summed E-state index contributed by atoms with van der Waals surface area (Å²) in [5.74, 6) is -0.530. The first-order valence-electron chi connectivity index (χ1n) is 21.5. The van der Waals surface area contributed by atoms with Gasteiger partial charge >= 0.3 is 5.97 Å². The van der Waals surface area contributed by atoms with E-state index in [9.17, 15) is 9.90 Å². The number of rotatable bonds is 12. The van der Waals surface area contributed by atoms with Gasteiger partial charge in [0.15, 0.2) is 0 Å². The lowest BCUT2D eigenvalue weighted by Gasteiger charge is -2.39. The summed E-state index contributed by atoms with van der Waals surface area (Å²) in [6.07, 6.45) is 7.14. The highest BCUT2D eigenvalue weighted by Gasteiger charge is 2.32. The standard InChI is InChI=1S/C48H59ClN6O4Si/c1-33(58-27-28-60(4,5)6)54-21-17-35-29-43-46(51-45(35)54)59-44(41-9-7-8-20-50-41)18-22-55(43)42-30-38(14-15-39(42)47(56)57)53-25-23-52(24-26-53)32-36-16-19-48(2,3)31-40(36)34-10-12-37(49)13-11-34/h7-15,17,20-21,29-30,33,44H,16,18-19,22-28,31-32H2,1-6H3,(H,56,57). The van der Waals surface area contributed by atoms with Gasteiger partial charge in [0.25, 0.3) is 0 Å². The number of ether oxygens (including phenoxy) is 2. The summed E-state index contributed by atoms with van der Waals surface area (Å²) in [6.45, 7) is 19.5. The van der Waals surface area contributed by atoms with Crippen LogP contribution in [0.1, 0.15) is 80.4 Å². The molecule has 1 saturated heterocycles. The molecule has 0 radical (unpaired) electrons. The number of aromatic nitrogens is 3. The zero-order valence-corrected chi connectivity index (χ0v) is 37.7. The molecule has 316 valence electrons. The first-order chi connectivity index (χ1) is 28.7. The molecule has 1 fully saturated rings. The fourth-order valence-electron chi connectivity index (χ4n) is 8.85. The van der Waals surface area contributed by atoms with Crippen molar-refractivity contribution in [3.63, 3.8) is 0 Å². The number of fused-ring (bicyclic) bond motifs is 2. The third-order valence-electron chi connectivity index (χ3n) is 12.4. The molecule has 2 aromatic carbocycles. The average Bonchev–Trinajstić information content (AvgIpc) is 3.54. The number of aromatic carboxylic acids is 1. The van der Waals surface area contributed by atoms with Gasteiger partial charge < -0.3 is 28.9 Å². The first kappa shape index (κ1) is 42.0. The molecule has 1 N–H and O–H groups in total. The van der Waals surface area contributed by atoms with E-state index < -0.39 is 14.0 Å². The number of halogens is 1. The van der Waals surface area contributed by atoms with E-state index in [-0.39, 0.29) is 23.3 Å². The predicted molar refractivity (Wildman–Crippen MR) is 246 cm³/mol. The fourth-order valence-corrected chi connectivity index (χ4v) is 9.70. The lowest BCUT2D eigenvalue weighted by Crippen LogP contribution is -2.47. The van der Waals surface area contributed by atoms with Crippen molar-refractivity contribution >= 4 is 59.3 Å². The van der Waals surface area contributed by atoms with Crippen molar-refractivity contribution in [2.45, 2.75) is 84.5 Å². The van der Waals surface area contributed by atoms with Crippen LogP contribution in [-0.4, -0.2) is 84.5 Å². The molecule has 2 aliphatic heterocycles. The molecule has 0 amide bonds. The van der Waals surface area contributed by atoms with E-state index in [1.165, 1.54) is 23.1 Å². The number of piperazine rings is 1. The van der Waals surface area contributed by atoms with Crippen LogP contribution in [0.15, 0.2) is 90.8 Å². The number of nitrogens with zero attached hydrogens (tertiary/aromatic N) is 6. The quantitative estimate of drug-likeness (QED) is 0.123. The van der Waals surface area contributed by atoms with Gasteiger partial charge in [0, 0.05) is 88.9 Å². The van der Waals surface area contributed by atoms with E-state index in [1.807, 2.05) is 42.6 Å². The van der Waals surface area contributed by atoms with Crippen LogP contribution in [0.25, 0.3) is 16.6 Å². The van der Waals surface area contributed by atoms with Gasteiger partial charge in [-0.1, -0.05) is 68.9 Å². The van der Waals surface area contributed by atoms with Gasteiger partial charge in [-0.25, -0.2) is 4.79 Å². The highest BCUT2D eigenvalue weighted by molar-refractivity contribution is 6.76. The Morgan fingerprint density at radius 1 is 1.00 bits per heavy atom. The zero-order valence-electron chi connectivity index (χ0n) is 36.0. The van der Waals surface area contributed by atoms with Gasteiger partial charge in [-0.2, -0.15) is 4.98 Å². The third-order valence-corrected chi connectivity index (χ3v) is 14.4. The largest absolute Gasteiger partial charge is 0.478 e. The van der Waals surface area contributed by atoms with Crippen molar-refractivity contribution < 1.29 is 19.4 Å². The van der Waals surface area contributed by atoms with E-state index in [1.54, 1.807) is 12.3 Å². The number of pyridine rings is 2. The lowest BCUT2D eigenvalue weighted by atomic mass is 9.72. The number of allylic oxidation sites excluding steroid dienone is 1. The number of hydrogen-bond donors (Lipinski definition) is 1. The molecule has 1 aliphatic carbocycles. The van der Waals surface area contributed by atoms with Gasteiger partial charge in [-0.3, -0.25) is 9.88 Å². The van der Waals surface area contributed by atoms with Crippen molar-refractivity contribution in [3.8, 4) is 5.88 Å². The number of carbonyl (C=O) groups is 1. The Morgan fingerprint density at radius 2 is 1.78 bits per heavy atom. The second-order valence-electron chi connectivity index (χ2n) is 18.7. The van der Waals surface area contributed by atoms with Crippen molar-refractivity contribution in [3.05, 3.63) is 113 Å². The van der Waals surface area contributed by atoms with Crippen LogP contribution in [-0.2, 0) is 4.74 Å². The summed E-state index contributed by atoms with van der Waals surface area (Å²) in [7, 11) is -1.26. The molecule has 60 heavy (non-hydrogen) atoms. The average molecular weight is 848 g/mol. The van der Waals surface area contributed by atoms with Crippen LogP contribution >= 0.6 is 11.6 Å². The maximum atomic E-state index is 13.0. The lowest BCUT2D eigenvalue weighted by molar-refractivity contribution is 0.0271. The predicted octanol–water partition coefficient (Wildman–Crippen LogP) is 11.1. The van der Waals surface area contributed by atoms with Gasteiger partial charge in [0.1, 0.15) is 23.7 Å².